The van der Waals surface area contributed by atoms with Crippen LogP contribution in [-0.4, -0.2) is 33.4 Å². The summed E-state index contributed by atoms with van der Waals surface area (Å²) in [4.78, 5) is 30.7. The van der Waals surface area contributed by atoms with Crippen molar-refractivity contribution in [3.05, 3.63) is 0 Å². The zero-order valence-electron chi connectivity index (χ0n) is 12.3. The molecule has 0 fully saturated rings. The molecule has 0 heterocycles. The molecule has 0 unspecified atom stereocenters. The first-order valence-electron chi connectivity index (χ1n) is 5.11. The largest absolute Gasteiger partial charge is 3.00 e. The Morgan fingerprint density at radius 2 is 0.438 bits per heavy atom. The Morgan fingerprint density at radius 3 is 0.438 bits per heavy atom. The van der Waals surface area contributed by atoms with E-state index >= 15 is 0 Å². The molecular formula is C9H27BO3Si3. The third kappa shape index (κ3) is 7610. The summed E-state index contributed by atoms with van der Waals surface area (Å²) in [5, 5.41) is 0. The van der Waals surface area contributed by atoms with Crippen molar-refractivity contribution in [1.29, 1.82) is 0 Å². The Hall–Kier alpha value is 0.596. The summed E-state index contributed by atoms with van der Waals surface area (Å²) in [6.07, 6.45) is 0. The van der Waals surface area contributed by atoms with Gasteiger partial charge in [-0.05, 0) is 0 Å². The first-order valence-corrected chi connectivity index (χ1v) is 15.3. The molecule has 0 saturated carbocycles. The van der Waals surface area contributed by atoms with E-state index in [4.69, 9.17) is 0 Å². The summed E-state index contributed by atoms with van der Waals surface area (Å²) in [6.45, 7) is 15.9. The van der Waals surface area contributed by atoms with Gasteiger partial charge in [0.15, 0.2) is 0 Å². The molecule has 3 nitrogen and oxygen atoms in total. The van der Waals surface area contributed by atoms with Crippen molar-refractivity contribution in [3.8, 4) is 0 Å². The topological polar surface area (TPSA) is 69.2 Å². The Balaban J connectivity index is -0.0000000655. The van der Waals surface area contributed by atoms with Gasteiger partial charge in [0, 0.05) is 0 Å². The van der Waals surface area contributed by atoms with E-state index < -0.39 is 25.0 Å². The minimum atomic E-state index is -1.86. The number of hydrogen-bond acceptors (Lipinski definition) is 3. The second-order valence-electron chi connectivity index (χ2n) is 6.34. The van der Waals surface area contributed by atoms with Crippen molar-refractivity contribution in [1.82, 2.24) is 0 Å². The van der Waals surface area contributed by atoms with Crippen LogP contribution in [0.3, 0.4) is 0 Å². The molecule has 0 aromatic rings. The zero-order chi connectivity index (χ0) is 13.5. The molecule has 0 saturated heterocycles. The predicted molar refractivity (Wildman–Crippen MR) is 75.8 cm³/mol. The Bertz CT molecular complexity index is 101. The van der Waals surface area contributed by atoms with E-state index in [1.165, 1.54) is 0 Å². The Morgan fingerprint density at radius 1 is 0.438 bits per heavy atom. The average Bonchev–Trinajstić information content (AvgIpc) is 1.41. The maximum absolute atomic E-state index is 10.2. The Labute approximate surface area is 107 Å². The summed E-state index contributed by atoms with van der Waals surface area (Å²) < 4.78 is 0. The normalized spacial score (nSPS) is 11.2. The number of hydrogen-bond donors (Lipinski definition) is 0. The first kappa shape index (κ1) is 25.4. The second-order valence-corrected chi connectivity index (χ2v) is 19.0. The van der Waals surface area contributed by atoms with E-state index in [0.717, 1.165) is 0 Å². The van der Waals surface area contributed by atoms with Crippen LogP contribution in [0.1, 0.15) is 0 Å². The zero-order valence-corrected chi connectivity index (χ0v) is 15.3. The van der Waals surface area contributed by atoms with Gasteiger partial charge >= 0.3 is 8.41 Å². The van der Waals surface area contributed by atoms with Gasteiger partial charge in [-0.25, -0.2) is 0 Å². The van der Waals surface area contributed by atoms with Gasteiger partial charge in [-0.3, -0.25) is 0 Å². The van der Waals surface area contributed by atoms with Gasteiger partial charge in [0.05, 0.1) is 0 Å². The Kier molecular flexibility index (Phi) is 15.3. The van der Waals surface area contributed by atoms with Crippen LogP contribution in [0.15, 0.2) is 0 Å². The van der Waals surface area contributed by atoms with Crippen molar-refractivity contribution in [3.63, 3.8) is 0 Å². The molecule has 0 bridgehead atoms. The maximum atomic E-state index is 10.2. The smallest absolute Gasteiger partial charge is 0.859 e. The molecule has 16 heavy (non-hydrogen) atoms. The molecule has 0 radical (unpaired) electrons. The van der Waals surface area contributed by atoms with Crippen molar-refractivity contribution < 1.29 is 14.4 Å². The molecular weight excluding hydrogens is 251 g/mol. The molecule has 96 valence electrons. The fourth-order valence-electron chi connectivity index (χ4n) is 0. The van der Waals surface area contributed by atoms with Crippen LogP contribution >= 0.6 is 0 Å². The SMILES string of the molecule is C[Si](C)(C)[O-].C[Si](C)(C)[O-].C[Si](C)(C)[O-].[B+3]. The molecule has 0 aliphatic carbocycles. The van der Waals surface area contributed by atoms with E-state index in [2.05, 4.69) is 0 Å². The monoisotopic (exact) mass is 278 g/mol. The first-order chi connectivity index (χ1) is 6.00. The third-order valence-corrected chi connectivity index (χ3v) is 0. The van der Waals surface area contributed by atoms with E-state index in [1.807, 2.05) is 0 Å². The van der Waals surface area contributed by atoms with Crippen molar-refractivity contribution in [2.24, 2.45) is 0 Å². The average molecular weight is 278 g/mol. The van der Waals surface area contributed by atoms with E-state index in [9.17, 15) is 14.4 Å². The molecule has 0 aliphatic heterocycles. The summed E-state index contributed by atoms with van der Waals surface area (Å²) >= 11 is 0. The standard InChI is InChI=1S/3C3H9OSi.B/c3*1-5(2,3)4;/h3*1-3H3;/q3*-1;+3. The van der Waals surface area contributed by atoms with E-state index in [0.29, 0.717) is 0 Å². The van der Waals surface area contributed by atoms with Gasteiger partial charge in [0.1, 0.15) is 0 Å². The summed E-state index contributed by atoms with van der Waals surface area (Å²) in [5.74, 6) is 0. The molecule has 0 aliphatic rings. The van der Waals surface area contributed by atoms with Crippen molar-refractivity contribution in [2.75, 3.05) is 0 Å². The van der Waals surface area contributed by atoms with Gasteiger partial charge in [-0.1, -0.05) is 83.9 Å². The van der Waals surface area contributed by atoms with Crippen molar-refractivity contribution in [2.45, 2.75) is 58.9 Å². The fraction of sp³-hybridized carbons (Fsp3) is 1.00. The van der Waals surface area contributed by atoms with Gasteiger partial charge < -0.3 is 14.4 Å². The van der Waals surface area contributed by atoms with Crippen LogP contribution < -0.4 is 14.4 Å². The minimum absolute atomic E-state index is 0. The molecule has 0 N–H and O–H groups in total. The van der Waals surface area contributed by atoms with Crippen LogP contribution in [-0.2, 0) is 0 Å². The molecule has 0 rings (SSSR count). The second kappa shape index (κ2) is 9.61. The number of rotatable bonds is 0. The van der Waals surface area contributed by atoms with E-state index in [1.54, 1.807) is 58.9 Å². The fourth-order valence-corrected chi connectivity index (χ4v) is 0. The molecule has 7 heteroatoms. The van der Waals surface area contributed by atoms with Crippen LogP contribution in [0, 0.1) is 0 Å². The summed E-state index contributed by atoms with van der Waals surface area (Å²) in [6, 6.07) is 0. The van der Waals surface area contributed by atoms with Crippen molar-refractivity contribution >= 4 is 33.4 Å². The van der Waals surface area contributed by atoms with Crippen LogP contribution in [0.25, 0.3) is 0 Å². The van der Waals surface area contributed by atoms with Crippen LogP contribution in [0.5, 0.6) is 0 Å². The quantitative estimate of drug-likeness (QED) is 0.593. The summed E-state index contributed by atoms with van der Waals surface area (Å²) in [5.41, 5.74) is 0. The maximum Gasteiger partial charge on any atom is 3.00 e. The van der Waals surface area contributed by atoms with E-state index in [-0.39, 0.29) is 8.41 Å². The minimum Gasteiger partial charge on any atom is -0.859 e. The molecule has 0 spiro atoms. The molecule has 0 aromatic carbocycles. The predicted octanol–water partition coefficient (Wildman–Crippen LogP) is 0.164. The van der Waals surface area contributed by atoms with Gasteiger partial charge in [-0.2, -0.15) is 0 Å². The molecule has 0 amide bonds. The van der Waals surface area contributed by atoms with Crippen LogP contribution in [0.4, 0.5) is 0 Å². The molecule has 0 aromatic heterocycles. The van der Waals surface area contributed by atoms with Gasteiger partial charge in [0.2, 0.25) is 0 Å². The summed E-state index contributed by atoms with van der Waals surface area (Å²) in [7, 11) is -5.58. The van der Waals surface area contributed by atoms with Gasteiger partial charge in [-0.15, -0.1) is 0 Å². The van der Waals surface area contributed by atoms with Crippen LogP contribution in [0.2, 0.25) is 58.9 Å². The van der Waals surface area contributed by atoms with Gasteiger partial charge in [0.25, 0.3) is 0 Å². The third-order valence-electron chi connectivity index (χ3n) is 0. The molecule has 0 atom stereocenters.